The normalized spacial score (nSPS) is 16.5. The predicted molar refractivity (Wildman–Crippen MR) is 69.1 cm³/mol. The van der Waals surface area contributed by atoms with E-state index in [0.717, 1.165) is 12.1 Å². The molecule has 3 N–H and O–H groups in total. The van der Waals surface area contributed by atoms with Crippen LogP contribution in [-0.2, 0) is 9.59 Å². The smallest absolute Gasteiger partial charge is 0.324 e. The van der Waals surface area contributed by atoms with Crippen molar-refractivity contribution in [2.45, 2.75) is 18.9 Å². The van der Waals surface area contributed by atoms with Gasteiger partial charge in [-0.15, -0.1) is 0 Å². The summed E-state index contributed by atoms with van der Waals surface area (Å²) in [5.74, 6) is -0.501. The zero-order valence-electron chi connectivity index (χ0n) is 10.4. The van der Waals surface area contributed by atoms with Crippen molar-refractivity contribution in [3.05, 3.63) is 24.3 Å². The Kier molecular flexibility index (Phi) is 4.01. The molecule has 1 saturated heterocycles. The first-order chi connectivity index (χ1) is 9.08. The Balaban J connectivity index is 2.03. The summed E-state index contributed by atoms with van der Waals surface area (Å²) in [5.41, 5.74) is 6.13. The fourth-order valence-corrected chi connectivity index (χ4v) is 1.92. The van der Waals surface area contributed by atoms with Gasteiger partial charge in [0.15, 0.2) is 0 Å². The fourth-order valence-electron chi connectivity index (χ4n) is 1.92. The maximum Gasteiger partial charge on any atom is 0.324 e. The summed E-state index contributed by atoms with van der Waals surface area (Å²) in [6.07, 6.45) is 1.42. The molecule has 0 spiro atoms. The van der Waals surface area contributed by atoms with Crippen molar-refractivity contribution in [3.8, 4) is 5.75 Å². The summed E-state index contributed by atoms with van der Waals surface area (Å²) in [4.78, 5) is 23.9. The summed E-state index contributed by atoms with van der Waals surface area (Å²) in [6, 6.07) is 5.96. The molecule has 1 heterocycles. The number of hydrogen-bond donors (Lipinski definition) is 2. The van der Waals surface area contributed by atoms with Gasteiger partial charge in [0, 0.05) is 24.7 Å². The highest BCUT2D eigenvalue weighted by Crippen LogP contribution is 2.25. The number of amides is 1. The Hall–Kier alpha value is -2.08. The van der Waals surface area contributed by atoms with Crippen LogP contribution in [0.1, 0.15) is 12.8 Å². The van der Waals surface area contributed by atoms with Gasteiger partial charge in [0.1, 0.15) is 18.4 Å². The summed E-state index contributed by atoms with van der Waals surface area (Å²) >= 11 is 0. The van der Waals surface area contributed by atoms with Crippen LogP contribution >= 0.6 is 0 Å². The van der Waals surface area contributed by atoms with Crippen molar-refractivity contribution in [2.24, 2.45) is 5.73 Å². The first-order valence-corrected chi connectivity index (χ1v) is 6.09. The van der Waals surface area contributed by atoms with Crippen molar-refractivity contribution in [2.75, 3.05) is 18.1 Å². The van der Waals surface area contributed by atoms with Crippen molar-refractivity contribution in [3.63, 3.8) is 0 Å². The van der Waals surface area contributed by atoms with E-state index in [2.05, 4.69) is 0 Å². The second kappa shape index (κ2) is 5.71. The lowest BCUT2D eigenvalue weighted by Gasteiger charge is -2.17. The van der Waals surface area contributed by atoms with Gasteiger partial charge in [-0.1, -0.05) is 6.07 Å². The molecule has 0 aromatic heterocycles. The summed E-state index contributed by atoms with van der Waals surface area (Å²) < 4.78 is 5.32. The molecule has 1 aliphatic heterocycles. The number of hydrogen-bond acceptors (Lipinski definition) is 4. The molecular formula is C13H16N2O4. The molecule has 1 aliphatic rings. The van der Waals surface area contributed by atoms with Crippen molar-refractivity contribution >= 4 is 17.6 Å². The molecule has 0 aliphatic carbocycles. The molecule has 1 atom stereocenters. The van der Waals surface area contributed by atoms with Gasteiger partial charge in [-0.25, -0.2) is 0 Å². The number of nitrogens with zero attached hydrogens (tertiary/aromatic N) is 1. The highest BCUT2D eigenvalue weighted by atomic mass is 16.5. The summed E-state index contributed by atoms with van der Waals surface area (Å²) in [7, 11) is 0. The van der Waals surface area contributed by atoms with Gasteiger partial charge in [-0.2, -0.15) is 0 Å². The molecule has 1 unspecified atom stereocenters. The Morgan fingerprint density at radius 1 is 1.53 bits per heavy atom. The minimum Gasteiger partial charge on any atom is -0.491 e. The van der Waals surface area contributed by atoms with Crippen LogP contribution < -0.4 is 15.4 Å². The maximum atomic E-state index is 11.6. The average Bonchev–Trinajstić information content (AvgIpc) is 2.82. The average molecular weight is 264 g/mol. The van der Waals surface area contributed by atoms with E-state index < -0.39 is 12.0 Å². The number of carboxylic acids is 1. The zero-order chi connectivity index (χ0) is 13.8. The van der Waals surface area contributed by atoms with E-state index >= 15 is 0 Å². The Morgan fingerprint density at radius 2 is 2.32 bits per heavy atom. The highest BCUT2D eigenvalue weighted by molar-refractivity contribution is 5.95. The minimum atomic E-state index is -1.11. The molecular weight excluding hydrogens is 248 g/mol. The van der Waals surface area contributed by atoms with E-state index in [1.165, 1.54) is 0 Å². The van der Waals surface area contributed by atoms with E-state index in [1.54, 1.807) is 23.1 Å². The monoisotopic (exact) mass is 264 g/mol. The number of benzene rings is 1. The zero-order valence-corrected chi connectivity index (χ0v) is 10.4. The topological polar surface area (TPSA) is 92.9 Å². The number of anilines is 1. The van der Waals surface area contributed by atoms with Crippen molar-refractivity contribution < 1.29 is 19.4 Å². The number of carbonyl (C=O) groups excluding carboxylic acids is 1. The Morgan fingerprint density at radius 3 is 2.95 bits per heavy atom. The SMILES string of the molecule is NC(COc1cccc(N2CCCC2=O)c1)C(=O)O. The number of rotatable bonds is 5. The van der Waals surface area contributed by atoms with Gasteiger partial charge in [-0.3, -0.25) is 9.59 Å². The van der Waals surface area contributed by atoms with Crippen LogP contribution in [0.15, 0.2) is 24.3 Å². The number of nitrogens with two attached hydrogens (primary N) is 1. The lowest BCUT2D eigenvalue weighted by molar-refractivity contribution is -0.139. The summed E-state index contributed by atoms with van der Waals surface area (Å²) in [6.45, 7) is 0.601. The van der Waals surface area contributed by atoms with Gasteiger partial charge in [0.2, 0.25) is 5.91 Å². The van der Waals surface area contributed by atoms with Crippen molar-refractivity contribution in [1.82, 2.24) is 0 Å². The van der Waals surface area contributed by atoms with Gasteiger partial charge in [0.05, 0.1) is 0 Å². The third-order valence-corrected chi connectivity index (χ3v) is 2.95. The lowest BCUT2D eigenvalue weighted by atomic mass is 10.2. The molecule has 2 rings (SSSR count). The number of carboxylic acid groups (broad SMARTS) is 1. The molecule has 1 amide bonds. The Labute approximate surface area is 110 Å². The third kappa shape index (κ3) is 3.23. The number of ether oxygens (including phenoxy) is 1. The molecule has 0 radical (unpaired) electrons. The van der Waals surface area contributed by atoms with Crippen LogP contribution in [0.25, 0.3) is 0 Å². The number of aliphatic carboxylic acids is 1. The van der Waals surface area contributed by atoms with Crippen LogP contribution in [0.2, 0.25) is 0 Å². The van der Waals surface area contributed by atoms with E-state index in [9.17, 15) is 9.59 Å². The number of carbonyl (C=O) groups is 2. The molecule has 1 fully saturated rings. The maximum absolute atomic E-state index is 11.6. The lowest BCUT2D eigenvalue weighted by Crippen LogP contribution is -2.36. The standard InChI is InChI=1S/C13H16N2O4/c14-11(13(17)18)8-19-10-4-1-3-9(7-10)15-6-2-5-12(15)16/h1,3-4,7,11H,2,5-6,8,14H2,(H,17,18). The molecule has 1 aromatic rings. The first-order valence-electron chi connectivity index (χ1n) is 6.09. The van der Waals surface area contributed by atoms with Gasteiger partial charge in [-0.05, 0) is 18.6 Å². The quantitative estimate of drug-likeness (QED) is 0.812. The Bertz CT molecular complexity index is 489. The largest absolute Gasteiger partial charge is 0.491 e. The molecule has 0 bridgehead atoms. The summed E-state index contributed by atoms with van der Waals surface area (Å²) in [5, 5.41) is 8.66. The molecule has 19 heavy (non-hydrogen) atoms. The van der Waals surface area contributed by atoms with Gasteiger partial charge >= 0.3 is 5.97 Å². The van der Waals surface area contributed by atoms with Gasteiger partial charge in [0.25, 0.3) is 0 Å². The van der Waals surface area contributed by atoms with E-state index in [-0.39, 0.29) is 12.5 Å². The van der Waals surface area contributed by atoms with E-state index in [0.29, 0.717) is 18.7 Å². The van der Waals surface area contributed by atoms with Crippen LogP contribution in [0.3, 0.4) is 0 Å². The molecule has 6 heteroatoms. The third-order valence-electron chi connectivity index (χ3n) is 2.95. The van der Waals surface area contributed by atoms with Crippen LogP contribution in [0, 0.1) is 0 Å². The van der Waals surface area contributed by atoms with Gasteiger partial charge < -0.3 is 20.5 Å². The fraction of sp³-hybridized carbons (Fsp3) is 0.385. The second-order valence-electron chi connectivity index (χ2n) is 4.40. The van der Waals surface area contributed by atoms with Crippen LogP contribution in [-0.4, -0.2) is 36.2 Å². The minimum absolute atomic E-state index is 0.0967. The van der Waals surface area contributed by atoms with Crippen LogP contribution in [0.4, 0.5) is 5.69 Å². The second-order valence-corrected chi connectivity index (χ2v) is 4.40. The molecule has 102 valence electrons. The first kappa shape index (κ1) is 13.4. The molecule has 6 nitrogen and oxygen atoms in total. The van der Waals surface area contributed by atoms with Crippen molar-refractivity contribution in [1.29, 1.82) is 0 Å². The highest BCUT2D eigenvalue weighted by Gasteiger charge is 2.22. The molecule has 1 aromatic carbocycles. The van der Waals surface area contributed by atoms with E-state index in [1.807, 2.05) is 6.07 Å². The van der Waals surface area contributed by atoms with Crippen LogP contribution in [0.5, 0.6) is 5.75 Å². The molecule has 0 saturated carbocycles. The predicted octanol–water partition coefficient (Wildman–Crippen LogP) is 0.604. The van der Waals surface area contributed by atoms with E-state index in [4.69, 9.17) is 15.6 Å².